The number of rotatable bonds is 3. The van der Waals surface area contributed by atoms with Gasteiger partial charge in [0.2, 0.25) is 0 Å². The maximum Gasteiger partial charge on any atom is 0.252 e. The second kappa shape index (κ2) is 5.07. The van der Waals surface area contributed by atoms with E-state index < -0.39 is 11.6 Å². The number of carbonyl (C=O) groups is 1. The molecule has 94 valence electrons. The standard InChI is InChI=1S/C13H18ClNO2/c1-8-10(6-5-7-11(8)14)12(17)15-13(3,4)9(2)16/h5-7,9,16H,1-4H3,(H,15,17). The molecule has 1 amide bonds. The van der Waals surface area contributed by atoms with E-state index in [2.05, 4.69) is 5.32 Å². The van der Waals surface area contributed by atoms with Crippen LogP contribution in [0.1, 0.15) is 36.7 Å². The van der Waals surface area contributed by atoms with Gasteiger partial charge in [-0.1, -0.05) is 17.7 Å². The molecule has 17 heavy (non-hydrogen) atoms. The Labute approximate surface area is 107 Å². The zero-order chi connectivity index (χ0) is 13.2. The molecule has 1 aromatic rings. The van der Waals surface area contributed by atoms with Gasteiger partial charge in [-0.05, 0) is 45.4 Å². The minimum atomic E-state index is -0.675. The topological polar surface area (TPSA) is 49.3 Å². The van der Waals surface area contributed by atoms with Gasteiger partial charge in [0.25, 0.3) is 5.91 Å². The van der Waals surface area contributed by atoms with Gasteiger partial charge in [-0.3, -0.25) is 4.79 Å². The van der Waals surface area contributed by atoms with Crippen molar-refractivity contribution in [2.75, 3.05) is 0 Å². The summed E-state index contributed by atoms with van der Waals surface area (Å²) in [4.78, 5) is 12.1. The summed E-state index contributed by atoms with van der Waals surface area (Å²) in [7, 11) is 0. The molecule has 0 saturated carbocycles. The Balaban J connectivity index is 2.95. The highest BCUT2D eigenvalue weighted by Gasteiger charge is 2.27. The molecule has 0 heterocycles. The van der Waals surface area contributed by atoms with Crippen LogP contribution in [0.4, 0.5) is 0 Å². The fourth-order valence-electron chi connectivity index (χ4n) is 1.32. The first kappa shape index (κ1) is 14.0. The average molecular weight is 256 g/mol. The molecule has 1 aromatic carbocycles. The van der Waals surface area contributed by atoms with Gasteiger partial charge in [0.1, 0.15) is 0 Å². The molecule has 0 saturated heterocycles. The summed E-state index contributed by atoms with van der Waals surface area (Å²) in [5, 5.41) is 12.9. The summed E-state index contributed by atoms with van der Waals surface area (Å²) in [6.45, 7) is 6.99. The summed E-state index contributed by atoms with van der Waals surface area (Å²) >= 11 is 5.96. The predicted octanol–water partition coefficient (Wildman–Crippen LogP) is 2.54. The van der Waals surface area contributed by atoms with Crippen molar-refractivity contribution in [3.63, 3.8) is 0 Å². The lowest BCUT2D eigenvalue weighted by Gasteiger charge is -2.29. The molecule has 1 atom stereocenters. The third kappa shape index (κ3) is 3.20. The van der Waals surface area contributed by atoms with Gasteiger partial charge in [-0.2, -0.15) is 0 Å². The van der Waals surface area contributed by atoms with Crippen molar-refractivity contribution < 1.29 is 9.90 Å². The molecule has 1 unspecified atom stereocenters. The largest absolute Gasteiger partial charge is 0.391 e. The van der Waals surface area contributed by atoms with Gasteiger partial charge < -0.3 is 10.4 Å². The summed E-state index contributed by atoms with van der Waals surface area (Å²) in [5.74, 6) is -0.226. The maximum atomic E-state index is 12.1. The zero-order valence-electron chi connectivity index (χ0n) is 10.5. The van der Waals surface area contributed by atoms with Crippen LogP contribution in [0.2, 0.25) is 5.02 Å². The first-order chi connectivity index (χ1) is 7.75. The van der Waals surface area contributed by atoms with Crippen molar-refractivity contribution in [3.8, 4) is 0 Å². The van der Waals surface area contributed by atoms with E-state index in [-0.39, 0.29) is 5.91 Å². The predicted molar refractivity (Wildman–Crippen MR) is 69.4 cm³/mol. The lowest BCUT2D eigenvalue weighted by molar-refractivity contribution is 0.0709. The first-order valence-corrected chi connectivity index (χ1v) is 5.89. The SMILES string of the molecule is Cc1c(Cl)cccc1C(=O)NC(C)(C)C(C)O. The molecule has 0 radical (unpaired) electrons. The molecule has 2 N–H and O–H groups in total. The first-order valence-electron chi connectivity index (χ1n) is 5.51. The number of hydrogen-bond donors (Lipinski definition) is 2. The minimum absolute atomic E-state index is 0.226. The van der Waals surface area contributed by atoms with Gasteiger partial charge in [-0.25, -0.2) is 0 Å². The Kier molecular flexibility index (Phi) is 4.17. The van der Waals surface area contributed by atoms with Crippen molar-refractivity contribution in [2.45, 2.75) is 39.3 Å². The Morgan fingerprint density at radius 1 is 1.47 bits per heavy atom. The van der Waals surface area contributed by atoms with Crippen LogP contribution in [0, 0.1) is 6.92 Å². The zero-order valence-corrected chi connectivity index (χ0v) is 11.3. The van der Waals surface area contributed by atoms with Gasteiger partial charge in [0.15, 0.2) is 0 Å². The molecule has 0 aromatic heterocycles. The van der Waals surface area contributed by atoms with Crippen molar-refractivity contribution in [2.24, 2.45) is 0 Å². The normalized spacial score (nSPS) is 13.3. The monoisotopic (exact) mass is 255 g/mol. The number of hydrogen-bond acceptors (Lipinski definition) is 2. The van der Waals surface area contributed by atoms with Crippen LogP contribution in [0.5, 0.6) is 0 Å². The quantitative estimate of drug-likeness (QED) is 0.872. The van der Waals surface area contributed by atoms with Crippen LogP contribution in [0.15, 0.2) is 18.2 Å². The van der Waals surface area contributed by atoms with E-state index >= 15 is 0 Å². The second-order valence-electron chi connectivity index (χ2n) is 4.76. The highest BCUT2D eigenvalue weighted by molar-refractivity contribution is 6.31. The average Bonchev–Trinajstić information content (AvgIpc) is 2.21. The number of benzene rings is 1. The van der Waals surface area contributed by atoms with E-state index in [0.717, 1.165) is 5.56 Å². The van der Waals surface area contributed by atoms with E-state index in [9.17, 15) is 9.90 Å². The molecule has 4 heteroatoms. The maximum absolute atomic E-state index is 12.1. The summed E-state index contributed by atoms with van der Waals surface area (Å²) in [6, 6.07) is 5.20. The van der Waals surface area contributed by atoms with E-state index in [0.29, 0.717) is 10.6 Å². The lowest BCUT2D eigenvalue weighted by atomic mass is 9.97. The molecule has 0 aliphatic carbocycles. The Hall–Kier alpha value is -1.06. The van der Waals surface area contributed by atoms with E-state index in [1.807, 2.05) is 0 Å². The molecule has 3 nitrogen and oxygen atoms in total. The molecular weight excluding hydrogens is 238 g/mol. The van der Waals surface area contributed by atoms with Crippen LogP contribution >= 0.6 is 11.6 Å². The Bertz CT molecular complexity index is 427. The van der Waals surface area contributed by atoms with Crippen LogP contribution in [-0.2, 0) is 0 Å². The Morgan fingerprint density at radius 2 is 2.06 bits per heavy atom. The third-order valence-corrected chi connectivity index (χ3v) is 3.40. The van der Waals surface area contributed by atoms with Crippen molar-refractivity contribution in [1.82, 2.24) is 5.32 Å². The lowest BCUT2D eigenvalue weighted by Crippen LogP contribution is -2.51. The molecule has 0 bridgehead atoms. The molecule has 0 aliphatic heterocycles. The number of nitrogens with one attached hydrogen (secondary N) is 1. The molecule has 1 rings (SSSR count). The molecule has 0 spiro atoms. The summed E-state index contributed by atoms with van der Waals surface area (Å²) < 4.78 is 0. The van der Waals surface area contributed by atoms with Crippen molar-refractivity contribution in [3.05, 3.63) is 34.3 Å². The van der Waals surface area contributed by atoms with Crippen molar-refractivity contribution >= 4 is 17.5 Å². The van der Waals surface area contributed by atoms with Gasteiger partial charge in [0.05, 0.1) is 11.6 Å². The third-order valence-electron chi connectivity index (χ3n) is 2.99. The number of carbonyl (C=O) groups excluding carboxylic acids is 1. The van der Waals surface area contributed by atoms with Crippen LogP contribution in [0.25, 0.3) is 0 Å². The van der Waals surface area contributed by atoms with Crippen LogP contribution < -0.4 is 5.32 Å². The van der Waals surface area contributed by atoms with E-state index in [4.69, 9.17) is 11.6 Å². The van der Waals surface area contributed by atoms with Crippen molar-refractivity contribution in [1.29, 1.82) is 0 Å². The highest BCUT2D eigenvalue weighted by Crippen LogP contribution is 2.19. The number of amides is 1. The molecule has 0 fully saturated rings. The van der Waals surface area contributed by atoms with E-state index in [1.54, 1.807) is 45.9 Å². The molecular formula is C13H18ClNO2. The second-order valence-corrected chi connectivity index (χ2v) is 5.17. The summed E-state index contributed by atoms with van der Waals surface area (Å²) in [5.41, 5.74) is 0.602. The van der Waals surface area contributed by atoms with Crippen LogP contribution in [0.3, 0.4) is 0 Å². The molecule has 0 aliphatic rings. The fraction of sp³-hybridized carbons (Fsp3) is 0.462. The fourth-order valence-corrected chi connectivity index (χ4v) is 1.49. The smallest absolute Gasteiger partial charge is 0.252 e. The number of halogens is 1. The highest BCUT2D eigenvalue weighted by atomic mass is 35.5. The van der Waals surface area contributed by atoms with E-state index in [1.165, 1.54) is 0 Å². The van der Waals surface area contributed by atoms with Gasteiger partial charge in [0, 0.05) is 10.6 Å². The number of aliphatic hydroxyl groups excluding tert-OH is 1. The minimum Gasteiger partial charge on any atom is -0.391 e. The van der Waals surface area contributed by atoms with Gasteiger partial charge >= 0.3 is 0 Å². The Morgan fingerprint density at radius 3 is 2.59 bits per heavy atom. The van der Waals surface area contributed by atoms with Gasteiger partial charge in [-0.15, -0.1) is 0 Å². The van der Waals surface area contributed by atoms with Crippen LogP contribution in [-0.4, -0.2) is 22.7 Å². The summed E-state index contributed by atoms with van der Waals surface area (Å²) in [6.07, 6.45) is -0.633. The number of aliphatic hydroxyl groups is 1.